The smallest absolute Gasteiger partial charge is 0.000718 e. The van der Waals surface area contributed by atoms with Gasteiger partial charge in [0.15, 0.2) is 0 Å². The minimum atomic E-state index is 1.27. The Labute approximate surface area is 265 Å². The number of hydrogen-bond donors (Lipinski definition) is 0. The SMILES string of the molecule is c1ccc2cc(-c3c4c5cccc6cccc(c4c(-c4ccc7ccccc7c4)c4c7cccc8cccc(c34)c87)c65)ccc2c1. The van der Waals surface area contributed by atoms with Crippen molar-refractivity contribution in [2.75, 3.05) is 0 Å². The van der Waals surface area contributed by atoms with Crippen molar-refractivity contribution < 1.29 is 0 Å². The summed E-state index contributed by atoms with van der Waals surface area (Å²) in [6, 6.07) is 59.0. The maximum absolute atomic E-state index is 2.41. The van der Waals surface area contributed by atoms with Crippen molar-refractivity contribution in [2.45, 2.75) is 0 Å². The average Bonchev–Trinajstić information content (AvgIpc) is 3.63. The molecule has 0 amide bonds. The molecule has 11 aromatic rings. The predicted octanol–water partition coefficient (Wildman–Crippen LogP) is 13.1. The number of rotatable bonds is 2. The predicted molar refractivity (Wildman–Crippen MR) is 200 cm³/mol. The fourth-order valence-electron chi connectivity index (χ4n) is 8.61. The van der Waals surface area contributed by atoms with Gasteiger partial charge in [0.05, 0.1) is 0 Å². The summed E-state index contributed by atoms with van der Waals surface area (Å²) in [6.07, 6.45) is 0. The van der Waals surface area contributed by atoms with Gasteiger partial charge in [-0.25, -0.2) is 0 Å². The van der Waals surface area contributed by atoms with E-state index in [1.165, 1.54) is 108 Å². The van der Waals surface area contributed by atoms with Gasteiger partial charge in [-0.3, -0.25) is 0 Å². The van der Waals surface area contributed by atoms with Gasteiger partial charge in [0.25, 0.3) is 0 Å². The van der Waals surface area contributed by atoms with E-state index in [9.17, 15) is 0 Å². The molecule has 0 aliphatic rings. The Bertz CT molecular complexity index is 2690. The molecule has 0 aliphatic carbocycles. The van der Waals surface area contributed by atoms with Gasteiger partial charge >= 0.3 is 0 Å². The van der Waals surface area contributed by atoms with E-state index in [0.29, 0.717) is 0 Å². The molecule has 11 rings (SSSR count). The van der Waals surface area contributed by atoms with E-state index in [1.807, 2.05) is 0 Å². The highest BCUT2D eigenvalue weighted by atomic mass is 14.3. The summed E-state index contributed by atoms with van der Waals surface area (Å²) in [5.74, 6) is 0. The standard InChI is InChI=1S/C46H26/c1-3-11-31-25-33(23-21-27(31)9-1)41-43-35-17-5-13-29-15-7-19-37(39(29)35)45(43)42(34-24-22-28-10-2-4-12-32(28)26-34)46-38-20-8-16-30-14-6-18-36(40(30)38)44(41)46/h1-26H. The van der Waals surface area contributed by atoms with Gasteiger partial charge in [0, 0.05) is 0 Å². The van der Waals surface area contributed by atoms with Gasteiger partial charge in [-0.05, 0) is 121 Å². The van der Waals surface area contributed by atoms with Gasteiger partial charge in [0.1, 0.15) is 0 Å². The summed E-state index contributed by atoms with van der Waals surface area (Å²) in [5.41, 5.74) is 5.22. The fraction of sp³-hybridized carbons (Fsp3) is 0. The summed E-state index contributed by atoms with van der Waals surface area (Å²) in [7, 11) is 0. The van der Waals surface area contributed by atoms with Crippen LogP contribution in [0.15, 0.2) is 158 Å². The highest BCUT2D eigenvalue weighted by Crippen LogP contribution is 2.55. The van der Waals surface area contributed by atoms with Crippen LogP contribution in [0.3, 0.4) is 0 Å². The maximum atomic E-state index is 2.41. The summed E-state index contributed by atoms with van der Waals surface area (Å²) in [5, 5.41) is 21.1. The molecule has 0 aliphatic heterocycles. The molecule has 0 saturated carbocycles. The van der Waals surface area contributed by atoms with E-state index in [1.54, 1.807) is 0 Å². The fourth-order valence-corrected chi connectivity index (χ4v) is 8.61. The van der Waals surface area contributed by atoms with Crippen LogP contribution in [0.4, 0.5) is 0 Å². The molecule has 0 aromatic heterocycles. The van der Waals surface area contributed by atoms with Crippen LogP contribution < -0.4 is 0 Å². The van der Waals surface area contributed by atoms with Crippen molar-refractivity contribution in [3.63, 3.8) is 0 Å². The molecule has 0 radical (unpaired) electrons. The third-order valence-electron chi connectivity index (χ3n) is 10.5. The van der Waals surface area contributed by atoms with Crippen molar-refractivity contribution in [2.24, 2.45) is 0 Å². The van der Waals surface area contributed by atoms with Crippen LogP contribution in [0, 0.1) is 0 Å². The van der Waals surface area contributed by atoms with Crippen LogP contribution >= 0.6 is 0 Å². The van der Waals surface area contributed by atoms with Crippen molar-refractivity contribution >= 4 is 86.2 Å². The lowest BCUT2D eigenvalue weighted by atomic mass is 9.86. The molecule has 0 bridgehead atoms. The zero-order chi connectivity index (χ0) is 29.9. The van der Waals surface area contributed by atoms with Crippen LogP contribution in [0.25, 0.3) is 108 Å². The lowest BCUT2D eigenvalue weighted by molar-refractivity contribution is 1.72. The molecule has 46 heavy (non-hydrogen) atoms. The van der Waals surface area contributed by atoms with Gasteiger partial charge < -0.3 is 0 Å². The Hall–Kier alpha value is -5.98. The lowest BCUT2D eigenvalue weighted by Gasteiger charge is -2.16. The first-order valence-electron chi connectivity index (χ1n) is 16.1. The summed E-state index contributed by atoms with van der Waals surface area (Å²) < 4.78 is 0. The normalized spacial score (nSPS) is 12.3. The molecule has 11 aromatic carbocycles. The summed E-state index contributed by atoms with van der Waals surface area (Å²) in [6.45, 7) is 0. The van der Waals surface area contributed by atoms with Gasteiger partial charge in [-0.15, -0.1) is 0 Å². The molecule has 0 saturated heterocycles. The molecule has 0 spiro atoms. The molecular formula is C46H26. The number of benzene rings is 9. The van der Waals surface area contributed by atoms with Crippen molar-refractivity contribution in [1.29, 1.82) is 0 Å². The second kappa shape index (κ2) is 8.81. The molecule has 0 atom stereocenters. The Morgan fingerprint density at radius 1 is 0.217 bits per heavy atom. The van der Waals surface area contributed by atoms with Crippen LogP contribution in [0.5, 0.6) is 0 Å². The van der Waals surface area contributed by atoms with E-state index < -0.39 is 0 Å². The maximum Gasteiger partial charge on any atom is -0.000718 e. The van der Waals surface area contributed by atoms with Crippen LogP contribution in [-0.4, -0.2) is 0 Å². The Morgan fingerprint density at radius 2 is 0.543 bits per heavy atom. The van der Waals surface area contributed by atoms with E-state index >= 15 is 0 Å². The zero-order valence-corrected chi connectivity index (χ0v) is 25.0. The molecule has 0 fully saturated rings. The summed E-state index contributed by atoms with van der Waals surface area (Å²) >= 11 is 0. The minimum absolute atomic E-state index is 1.27. The lowest BCUT2D eigenvalue weighted by Crippen LogP contribution is -1.88. The van der Waals surface area contributed by atoms with Crippen molar-refractivity contribution in [3.05, 3.63) is 158 Å². The van der Waals surface area contributed by atoms with Gasteiger partial charge in [0.2, 0.25) is 0 Å². The number of fused-ring (bicyclic) bond motifs is 8. The molecule has 0 nitrogen and oxygen atoms in total. The molecule has 0 unspecified atom stereocenters. The molecular weight excluding hydrogens is 553 g/mol. The largest absolute Gasteiger partial charge is 0.0616 e. The van der Waals surface area contributed by atoms with E-state index in [2.05, 4.69) is 158 Å². The minimum Gasteiger partial charge on any atom is -0.0616 e. The van der Waals surface area contributed by atoms with Gasteiger partial charge in [-0.2, -0.15) is 0 Å². The van der Waals surface area contributed by atoms with Crippen LogP contribution in [0.2, 0.25) is 0 Å². The number of hydrogen-bond acceptors (Lipinski definition) is 0. The first-order valence-corrected chi connectivity index (χ1v) is 16.1. The first-order chi connectivity index (χ1) is 22.8. The highest BCUT2D eigenvalue weighted by molar-refractivity contribution is 6.46. The third-order valence-corrected chi connectivity index (χ3v) is 10.5. The van der Waals surface area contributed by atoms with E-state index in [0.717, 1.165) is 0 Å². The highest BCUT2D eigenvalue weighted by Gasteiger charge is 2.27. The molecule has 0 heterocycles. The topological polar surface area (TPSA) is 0 Å². The van der Waals surface area contributed by atoms with Crippen LogP contribution in [0.1, 0.15) is 0 Å². The summed E-state index contributed by atoms with van der Waals surface area (Å²) in [4.78, 5) is 0. The molecule has 0 N–H and O–H groups in total. The molecule has 210 valence electrons. The van der Waals surface area contributed by atoms with Gasteiger partial charge in [-0.1, -0.05) is 146 Å². The monoisotopic (exact) mass is 578 g/mol. The Balaban J connectivity index is 1.48. The van der Waals surface area contributed by atoms with Crippen molar-refractivity contribution in [1.82, 2.24) is 0 Å². The van der Waals surface area contributed by atoms with E-state index in [-0.39, 0.29) is 0 Å². The quantitative estimate of drug-likeness (QED) is 0.191. The van der Waals surface area contributed by atoms with E-state index in [4.69, 9.17) is 0 Å². The second-order valence-corrected chi connectivity index (χ2v) is 12.8. The average molecular weight is 579 g/mol. The Kier molecular flexibility index (Phi) is 4.66. The second-order valence-electron chi connectivity index (χ2n) is 12.8. The first kappa shape index (κ1) is 24.4. The van der Waals surface area contributed by atoms with Crippen molar-refractivity contribution in [3.8, 4) is 22.3 Å². The van der Waals surface area contributed by atoms with Crippen LogP contribution in [-0.2, 0) is 0 Å². The Morgan fingerprint density at radius 3 is 0.913 bits per heavy atom. The third kappa shape index (κ3) is 3.08. The zero-order valence-electron chi connectivity index (χ0n) is 25.0. The molecule has 0 heteroatoms.